The minimum atomic E-state index is -0.321. The van der Waals surface area contributed by atoms with Gasteiger partial charge in [-0.05, 0) is 25.0 Å². The average molecular weight is 343 g/mol. The lowest BCUT2D eigenvalue weighted by Gasteiger charge is -2.27. The number of hydrogen-bond acceptors (Lipinski definition) is 3. The molecule has 1 aromatic heterocycles. The SMILES string of the molecule is Cn1c(C(=O)N2CSC[C@H]2C(=O)N2CCCC2)cc2ccccc21. The van der Waals surface area contributed by atoms with E-state index in [9.17, 15) is 9.59 Å². The van der Waals surface area contributed by atoms with E-state index in [-0.39, 0.29) is 17.9 Å². The molecule has 0 N–H and O–H groups in total. The predicted molar refractivity (Wildman–Crippen MR) is 96.0 cm³/mol. The Kier molecular flexibility index (Phi) is 4.00. The van der Waals surface area contributed by atoms with Gasteiger partial charge in [-0.3, -0.25) is 9.59 Å². The number of likely N-dealkylation sites (tertiary alicyclic amines) is 1. The van der Waals surface area contributed by atoms with Crippen LogP contribution in [0, 0.1) is 0 Å². The predicted octanol–water partition coefficient (Wildman–Crippen LogP) is 2.32. The molecule has 5 nitrogen and oxygen atoms in total. The van der Waals surface area contributed by atoms with Crippen LogP contribution < -0.4 is 0 Å². The third-order valence-corrected chi connectivity index (χ3v) is 6.03. The summed E-state index contributed by atoms with van der Waals surface area (Å²) in [5.41, 5.74) is 1.69. The van der Waals surface area contributed by atoms with Crippen molar-refractivity contribution in [3.05, 3.63) is 36.0 Å². The minimum Gasteiger partial charge on any atom is -0.341 e. The first kappa shape index (κ1) is 15.6. The van der Waals surface area contributed by atoms with Crippen LogP contribution >= 0.6 is 11.8 Å². The van der Waals surface area contributed by atoms with Gasteiger partial charge in [-0.2, -0.15) is 0 Å². The molecular weight excluding hydrogens is 322 g/mol. The number of thioether (sulfide) groups is 1. The van der Waals surface area contributed by atoms with Gasteiger partial charge in [0.15, 0.2) is 0 Å². The summed E-state index contributed by atoms with van der Waals surface area (Å²) in [6.45, 7) is 1.66. The van der Waals surface area contributed by atoms with Crippen molar-refractivity contribution in [2.75, 3.05) is 24.7 Å². The van der Waals surface area contributed by atoms with Gasteiger partial charge < -0.3 is 14.4 Å². The Morgan fingerprint density at radius 1 is 1.17 bits per heavy atom. The van der Waals surface area contributed by atoms with Crippen molar-refractivity contribution in [1.29, 1.82) is 0 Å². The molecule has 2 saturated heterocycles. The van der Waals surface area contributed by atoms with Crippen LogP contribution in [0.2, 0.25) is 0 Å². The number of benzene rings is 1. The standard InChI is InChI=1S/C18H21N3O2S/c1-19-14-7-3-2-6-13(14)10-15(19)18(23)21-12-24-11-16(21)17(22)20-8-4-5-9-20/h2-3,6-7,10,16H,4-5,8-9,11-12H2,1H3/t16-/m0/s1. The second-order valence-corrected chi connectivity index (χ2v) is 7.47. The summed E-state index contributed by atoms with van der Waals surface area (Å²) in [7, 11) is 1.91. The van der Waals surface area contributed by atoms with Gasteiger partial charge in [0.2, 0.25) is 5.91 Å². The normalized spacial score (nSPS) is 21.0. The molecule has 24 heavy (non-hydrogen) atoms. The molecule has 1 atom stereocenters. The molecule has 4 rings (SSSR count). The zero-order valence-corrected chi connectivity index (χ0v) is 14.6. The molecule has 2 aromatic rings. The average Bonchev–Trinajstić information content (AvgIpc) is 3.34. The van der Waals surface area contributed by atoms with Gasteiger partial charge in [-0.1, -0.05) is 18.2 Å². The first-order chi connectivity index (χ1) is 11.7. The van der Waals surface area contributed by atoms with Crippen LogP contribution in [0.5, 0.6) is 0 Å². The van der Waals surface area contributed by atoms with Crippen molar-refractivity contribution < 1.29 is 9.59 Å². The minimum absolute atomic E-state index is 0.0451. The van der Waals surface area contributed by atoms with E-state index in [0.717, 1.165) is 36.8 Å². The molecule has 0 radical (unpaired) electrons. The van der Waals surface area contributed by atoms with Crippen LogP contribution in [0.4, 0.5) is 0 Å². The van der Waals surface area contributed by atoms with Crippen LogP contribution in [-0.2, 0) is 11.8 Å². The maximum atomic E-state index is 13.1. The highest BCUT2D eigenvalue weighted by molar-refractivity contribution is 7.99. The number of aromatic nitrogens is 1. The highest BCUT2D eigenvalue weighted by Gasteiger charge is 2.38. The molecule has 126 valence electrons. The molecule has 2 aliphatic heterocycles. The van der Waals surface area contributed by atoms with Gasteiger partial charge in [-0.25, -0.2) is 0 Å². The second-order valence-electron chi connectivity index (χ2n) is 6.47. The Balaban J connectivity index is 1.62. The van der Waals surface area contributed by atoms with Gasteiger partial charge in [0.1, 0.15) is 11.7 Å². The molecule has 0 unspecified atom stereocenters. The van der Waals surface area contributed by atoms with E-state index in [1.165, 1.54) is 0 Å². The lowest BCUT2D eigenvalue weighted by atomic mass is 10.2. The summed E-state index contributed by atoms with van der Waals surface area (Å²) in [5.74, 6) is 1.36. The molecule has 2 amide bonds. The number of carbonyl (C=O) groups is 2. The molecule has 1 aromatic carbocycles. The summed E-state index contributed by atoms with van der Waals surface area (Å²) in [6, 6.07) is 9.58. The zero-order valence-electron chi connectivity index (χ0n) is 13.8. The smallest absolute Gasteiger partial charge is 0.271 e. The van der Waals surface area contributed by atoms with E-state index in [1.54, 1.807) is 16.7 Å². The monoisotopic (exact) mass is 343 g/mol. The highest BCUT2D eigenvalue weighted by Crippen LogP contribution is 2.27. The van der Waals surface area contributed by atoms with E-state index in [2.05, 4.69) is 0 Å². The molecule has 6 heteroatoms. The quantitative estimate of drug-likeness (QED) is 0.841. The summed E-state index contributed by atoms with van der Waals surface area (Å²) >= 11 is 1.66. The number of hydrogen-bond donors (Lipinski definition) is 0. The van der Waals surface area contributed by atoms with E-state index >= 15 is 0 Å². The zero-order chi connectivity index (χ0) is 16.7. The molecule has 0 bridgehead atoms. The number of carbonyl (C=O) groups excluding carboxylic acids is 2. The largest absolute Gasteiger partial charge is 0.341 e. The topological polar surface area (TPSA) is 45.6 Å². The third kappa shape index (κ3) is 2.49. The van der Waals surface area contributed by atoms with Crippen molar-refractivity contribution in [2.45, 2.75) is 18.9 Å². The number of para-hydroxylation sites is 1. The van der Waals surface area contributed by atoms with E-state index in [1.807, 2.05) is 46.8 Å². The summed E-state index contributed by atoms with van der Waals surface area (Å²) in [6.07, 6.45) is 2.14. The summed E-state index contributed by atoms with van der Waals surface area (Å²) < 4.78 is 1.93. The van der Waals surface area contributed by atoms with Crippen molar-refractivity contribution in [1.82, 2.24) is 14.4 Å². The molecule has 0 spiro atoms. The second kappa shape index (κ2) is 6.16. The molecular formula is C18H21N3O2S. The lowest BCUT2D eigenvalue weighted by molar-refractivity contribution is -0.133. The Morgan fingerprint density at radius 2 is 1.92 bits per heavy atom. The first-order valence-corrected chi connectivity index (χ1v) is 9.54. The molecule has 3 heterocycles. The summed E-state index contributed by atoms with van der Waals surface area (Å²) in [5, 5.41) is 1.05. The van der Waals surface area contributed by atoms with E-state index in [4.69, 9.17) is 0 Å². The van der Waals surface area contributed by atoms with Gasteiger partial charge >= 0.3 is 0 Å². The molecule has 0 saturated carbocycles. The Bertz CT molecular complexity index is 795. The lowest BCUT2D eigenvalue weighted by Crippen LogP contribution is -2.48. The fourth-order valence-electron chi connectivity index (χ4n) is 3.64. The van der Waals surface area contributed by atoms with E-state index < -0.39 is 0 Å². The molecule has 2 fully saturated rings. The first-order valence-electron chi connectivity index (χ1n) is 8.39. The number of amides is 2. The van der Waals surface area contributed by atoms with Gasteiger partial charge in [0.25, 0.3) is 5.91 Å². The van der Waals surface area contributed by atoms with E-state index in [0.29, 0.717) is 17.3 Å². The number of nitrogens with zero attached hydrogens (tertiary/aromatic N) is 3. The molecule has 0 aliphatic carbocycles. The number of fused-ring (bicyclic) bond motifs is 1. The third-order valence-electron chi connectivity index (χ3n) is 5.02. The summed E-state index contributed by atoms with van der Waals surface area (Å²) in [4.78, 5) is 29.5. The van der Waals surface area contributed by atoms with Crippen molar-refractivity contribution >= 4 is 34.5 Å². The van der Waals surface area contributed by atoms with Crippen molar-refractivity contribution in [3.63, 3.8) is 0 Å². The van der Waals surface area contributed by atoms with Crippen LogP contribution in [0.1, 0.15) is 23.3 Å². The Morgan fingerprint density at radius 3 is 2.67 bits per heavy atom. The number of rotatable bonds is 2. The Hall–Kier alpha value is -1.95. The maximum Gasteiger partial charge on any atom is 0.271 e. The fourth-order valence-corrected chi connectivity index (χ4v) is 4.78. The highest BCUT2D eigenvalue weighted by atomic mass is 32.2. The number of aryl methyl sites for hydroxylation is 1. The van der Waals surface area contributed by atoms with Crippen LogP contribution in [0.3, 0.4) is 0 Å². The Labute approximate surface area is 145 Å². The van der Waals surface area contributed by atoms with Gasteiger partial charge in [0, 0.05) is 36.8 Å². The van der Waals surface area contributed by atoms with Crippen molar-refractivity contribution in [3.8, 4) is 0 Å². The fraction of sp³-hybridized carbons (Fsp3) is 0.444. The molecule has 2 aliphatic rings. The van der Waals surface area contributed by atoms with Gasteiger partial charge in [-0.15, -0.1) is 11.8 Å². The van der Waals surface area contributed by atoms with Crippen LogP contribution in [0.25, 0.3) is 10.9 Å². The van der Waals surface area contributed by atoms with Crippen molar-refractivity contribution in [2.24, 2.45) is 7.05 Å². The van der Waals surface area contributed by atoms with Crippen LogP contribution in [0.15, 0.2) is 30.3 Å². The van der Waals surface area contributed by atoms with Gasteiger partial charge in [0.05, 0.1) is 5.88 Å². The van der Waals surface area contributed by atoms with Crippen LogP contribution in [-0.4, -0.2) is 56.9 Å². The maximum absolute atomic E-state index is 13.1.